The van der Waals surface area contributed by atoms with Crippen LogP contribution in [-0.2, 0) is 13.0 Å². The molecule has 0 saturated heterocycles. The number of aryl methyl sites for hydroxylation is 1. The van der Waals surface area contributed by atoms with Crippen LogP contribution in [0.2, 0.25) is 0 Å². The van der Waals surface area contributed by atoms with Gasteiger partial charge in [-0.05, 0) is 43.5 Å². The summed E-state index contributed by atoms with van der Waals surface area (Å²) < 4.78 is 16.2. The second kappa shape index (κ2) is 13.1. The second-order valence-electron chi connectivity index (χ2n) is 6.39. The minimum Gasteiger partial charge on any atom is -0.493 e. The molecule has 0 atom stereocenters. The Morgan fingerprint density at radius 1 is 0.931 bits per heavy atom. The van der Waals surface area contributed by atoms with Gasteiger partial charge in [-0.1, -0.05) is 29.8 Å². The van der Waals surface area contributed by atoms with Crippen LogP contribution < -0.4 is 24.8 Å². The van der Waals surface area contributed by atoms with Gasteiger partial charge in [0.2, 0.25) is 5.75 Å². The molecule has 0 spiro atoms. The van der Waals surface area contributed by atoms with Crippen LogP contribution in [-0.4, -0.2) is 40.4 Å². The summed E-state index contributed by atoms with van der Waals surface area (Å²) in [5, 5.41) is 6.67. The lowest BCUT2D eigenvalue weighted by atomic mass is 10.1. The lowest BCUT2D eigenvalue weighted by Crippen LogP contribution is -2.38. The molecule has 2 aromatic carbocycles. The smallest absolute Gasteiger partial charge is 0.203 e. The average molecular weight is 513 g/mol. The molecule has 29 heavy (non-hydrogen) atoms. The zero-order valence-corrected chi connectivity index (χ0v) is 20.2. The van der Waals surface area contributed by atoms with E-state index < -0.39 is 0 Å². The van der Waals surface area contributed by atoms with E-state index in [0.717, 1.165) is 31.0 Å². The summed E-state index contributed by atoms with van der Waals surface area (Å²) in [7, 11) is 4.82. The number of rotatable bonds is 9. The molecular weight excluding hydrogens is 481 g/mol. The largest absolute Gasteiger partial charge is 0.493 e. The van der Waals surface area contributed by atoms with Gasteiger partial charge in [-0.2, -0.15) is 0 Å². The molecule has 0 heterocycles. The lowest BCUT2D eigenvalue weighted by molar-refractivity contribution is 0.324. The zero-order chi connectivity index (χ0) is 20.4. The SMILES string of the molecule is CCNC(=NCc1cc(OC)c(OC)c(OC)c1)NCCc1cccc(C)c1.I. The third-order valence-electron chi connectivity index (χ3n) is 4.28. The van der Waals surface area contributed by atoms with E-state index in [1.165, 1.54) is 11.1 Å². The van der Waals surface area contributed by atoms with Crippen LogP contribution >= 0.6 is 24.0 Å². The van der Waals surface area contributed by atoms with E-state index in [1.807, 2.05) is 12.1 Å². The van der Waals surface area contributed by atoms with Gasteiger partial charge in [0.15, 0.2) is 17.5 Å². The van der Waals surface area contributed by atoms with E-state index >= 15 is 0 Å². The van der Waals surface area contributed by atoms with Crippen molar-refractivity contribution in [1.29, 1.82) is 0 Å². The Morgan fingerprint density at radius 2 is 1.62 bits per heavy atom. The van der Waals surface area contributed by atoms with Crippen LogP contribution in [0.5, 0.6) is 17.2 Å². The highest BCUT2D eigenvalue weighted by atomic mass is 127. The van der Waals surface area contributed by atoms with E-state index in [1.54, 1.807) is 21.3 Å². The molecule has 2 N–H and O–H groups in total. The first-order chi connectivity index (χ1) is 13.6. The van der Waals surface area contributed by atoms with Crippen LogP contribution in [0.4, 0.5) is 0 Å². The third-order valence-corrected chi connectivity index (χ3v) is 4.28. The number of nitrogens with one attached hydrogen (secondary N) is 2. The van der Waals surface area contributed by atoms with E-state index in [4.69, 9.17) is 14.2 Å². The maximum atomic E-state index is 5.41. The molecule has 0 aliphatic rings. The molecule has 7 heteroatoms. The molecule has 0 radical (unpaired) electrons. The normalized spacial score (nSPS) is 10.7. The molecule has 2 aromatic rings. The predicted octanol–water partition coefficient (Wildman–Crippen LogP) is 3.94. The van der Waals surface area contributed by atoms with Gasteiger partial charge in [0, 0.05) is 13.1 Å². The van der Waals surface area contributed by atoms with Crippen molar-refractivity contribution in [2.24, 2.45) is 4.99 Å². The summed E-state index contributed by atoms with van der Waals surface area (Å²) in [5.74, 6) is 2.62. The number of aliphatic imine (C=N–C) groups is 1. The number of halogens is 1. The van der Waals surface area contributed by atoms with Crippen molar-refractivity contribution in [2.45, 2.75) is 26.8 Å². The van der Waals surface area contributed by atoms with E-state index in [-0.39, 0.29) is 24.0 Å². The van der Waals surface area contributed by atoms with Crippen molar-refractivity contribution in [2.75, 3.05) is 34.4 Å². The Labute approximate surface area is 191 Å². The molecule has 0 bridgehead atoms. The minimum atomic E-state index is 0. The summed E-state index contributed by atoms with van der Waals surface area (Å²) in [6, 6.07) is 12.4. The number of nitrogens with zero attached hydrogens (tertiary/aromatic N) is 1. The Hall–Kier alpha value is -2.16. The summed E-state index contributed by atoms with van der Waals surface area (Å²) in [5.41, 5.74) is 3.57. The molecular formula is C22H32IN3O3. The van der Waals surface area contributed by atoms with Crippen LogP contribution in [0, 0.1) is 6.92 Å². The predicted molar refractivity (Wildman–Crippen MR) is 129 cm³/mol. The maximum absolute atomic E-state index is 5.41. The van der Waals surface area contributed by atoms with Crippen molar-refractivity contribution in [3.8, 4) is 17.2 Å². The summed E-state index contributed by atoms with van der Waals surface area (Å²) >= 11 is 0. The molecule has 0 aliphatic carbocycles. The number of ether oxygens (including phenoxy) is 3. The van der Waals surface area contributed by atoms with Gasteiger partial charge < -0.3 is 24.8 Å². The summed E-state index contributed by atoms with van der Waals surface area (Å²) in [6.45, 7) is 6.27. The summed E-state index contributed by atoms with van der Waals surface area (Å²) in [4.78, 5) is 4.68. The molecule has 0 amide bonds. The van der Waals surface area contributed by atoms with Gasteiger partial charge >= 0.3 is 0 Å². The van der Waals surface area contributed by atoms with Crippen LogP contribution in [0.15, 0.2) is 41.4 Å². The van der Waals surface area contributed by atoms with E-state index in [2.05, 4.69) is 53.7 Å². The molecule has 2 rings (SSSR count). The van der Waals surface area contributed by atoms with E-state index in [9.17, 15) is 0 Å². The number of guanidine groups is 1. The fourth-order valence-electron chi connectivity index (χ4n) is 2.93. The van der Waals surface area contributed by atoms with Crippen LogP contribution in [0.3, 0.4) is 0 Å². The number of hydrogen-bond acceptors (Lipinski definition) is 4. The zero-order valence-electron chi connectivity index (χ0n) is 17.9. The van der Waals surface area contributed by atoms with Gasteiger partial charge in [-0.25, -0.2) is 4.99 Å². The first-order valence-corrected chi connectivity index (χ1v) is 9.47. The Kier molecular flexibility index (Phi) is 11.3. The fraction of sp³-hybridized carbons (Fsp3) is 0.409. The van der Waals surface area contributed by atoms with Crippen molar-refractivity contribution < 1.29 is 14.2 Å². The molecule has 0 saturated carbocycles. The summed E-state index contributed by atoms with van der Waals surface area (Å²) in [6.07, 6.45) is 0.941. The Bertz CT molecular complexity index is 772. The van der Waals surface area contributed by atoms with Crippen LogP contribution in [0.1, 0.15) is 23.6 Å². The number of methoxy groups -OCH3 is 3. The third kappa shape index (κ3) is 7.64. The molecule has 160 valence electrons. The molecule has 6 nitrogen and oxygen atoms in total. The lowest BCUT2D eigenvalue weighted by Gasteiger charge is -2.14. The standard InChI is InChI=1S/C22H31N3O3.HI/c1-6-23-22(24-11-10-17-9-7-8-16(2)12-17)25-15-18-13-19(26-3)21(28-5)20(14-18)27-4;/h7-9,12-14H,6,10-11,15H2,1-5H3,(H2,23,24,25);1H. The van der Waals surface area contributed by atoms with Gasteiger partial charge in [-0.3, -0.25) is 0 Å². The molecule has 0 aliphatic heterocycles. The Balaban J connectivity index is 0.00000420. The average Bonchev–Trinajstić information content (AvgIpc) is 2.71. The molecule has 0 fully saturated rings. The van der Waals surface area contributed by atoms with E-state index in [0.29, 0.717) is 23.8 Å². The monoisotopic (exact) mass is 513 g/mol. The highest BCUT2D eigenvalue weighted by Crippen LogP contribution is 2.38. The fourth-order valence-corrected chi connectivity index (χ4v) is 2.93. The maximum Gasteiger partial charge on any atom is 0.203 e. The van der Waals surface area contributed by atoms with Gasteiger partial charge in [-0.15, -0.1) is 24.0 Å². The highest BCUT2D eigenvalue weighted by molar-refractivity contribution is 14.0. The number of benzene rings is 2. The second-order valence-corrected chi connectivity index (χ2v) is 6.39. The van der Waals surface area contributed by atoms with Gasteiger partial charge in [0.1, 0.15) is 0 Å². The highest BCUT2D eigenvalue weighted by Gasteiger charge is 2.13. The quantitative estimate of drug-likeness (QED) is 0.302. The molecule has 0 aromatic heterocycles. The van der Waals surface area contributed by atoms with Gasteiger partial charge in [0.25, 0.3) is 0 Å². The van der Waals surface area contributed by atoms with Crippen LogP contribution in [0.25, 0.3) is 0 Å². The van der Waals surface area contributed by atoms with Gasteiger partial charge in [0.05, 0.1) is 27.9 Å². The van der Waals surface area contributed by atoms with Crippen molar-refractivity contribution in [3.05, 3.63) is 53.1 Å². The topological polar surface area (TPSA) is 64.1 Å². The molecule has 0 unspecified atom stereocenters. The van der Waals surface area contributed by atoms with Crippen molar-refractivity contribution in [3.63, 3.8) is 0 Å². The first-order valence-electron chi connectivity index (χ1n) is 9.47. The minimum absolute atomic E-state index is 0. The van der Waals surface area contributed by atoms with Crippen molar-refractivity contribution in [1.82, 2.24) is 10.6 Å². The number of hydrogen-bond donors (Lipinski definition) is 2. The first kappa shape index (κ1) is 24.9. The van der Waals surface area contributed by atoms with Crippen molar-refractivity contribution >= 4 is 29.9 Å². The Morgan fingerprint density at radius 3 is 2.17 bits per heavy atom.